The Morgan fingerprint density at radius 2 is 2.00 bits per heavy atom. The molecule has 3 unspecified atom stereocenters. The lowest BCUT2D eigenvalue weighted by Crippen LogP contribution is -2.49. The lowest BCUT2D eigenvalue weighted by atomic mass is 9.92. The normalized spacial score (nSPS) is 29.6. The number of carbonyl (C=O) groups is 2. The highest BCUT2D eigenvalue weighted by Crippen LogP contribution is 2.58. The number of rotatable bonds is 4. The van der Waals surface area contributed by atoms with Crippen LogP contribution < -0.4 is 10.6 Å². The van der Waals surface area contributed by atoms with E-state index in [4.69, 9.17) is 4.74 Å². The molecule has 2 saturated heterocycles. The van der Waals surface area contributed by atoms with Gasteiger partial charge in [0.25, 0.3) is 0 Å². The summed E-state index contributed by atoms with van der Waals surface area (Å²) in [6, 6.07) is 0. The fraction of sp³-hybridized carbons (Fsp3) is 0.737. The van der Waals surface area contributed by atoms with Crippen LogP contribution in [0.4, 0.5) is 5.69 Å². The average molecular weight is 375 g/mol. The summed E-state index contributed by atoms with van der Waals surface area (Å²) in [5, 5.41) is 10.6. The molecule has 148 valence electrons. The van der Waals surface area contributed by atoms with Gasteiger partial charge in [-0.2, -0.15) is 5.10 Å². The van der Waals surface area contributed by atoms with Crippen LogP contribution in [0, 0.1) is 11.3 Å². The highest BCUT2D eigenvalue weighted by atomic mass is 16.5. The van der Waals surface area contributed by atoms with Gasteiger partial charge in [-0.1, -0.05) is 0 Å². The second-order valence-corrected chi connectivity index (χ2v) is 8.34. The van der Waals surface area contributed by atoms with Gasteiger partial charge in [0, 0.05) is 25.2 Å². The van der Waals surface area contributed by atoms with Crippen molar-refractivity contribution in [3.63, 3.8) is 0 Å². The van der Waals surface area contributed by atoms with E-state index in [-0.39, 0.29) is 41.9 Å². The number of carbonyl (C=O) groups excluding carboxylic acids is 2. The first-order chi connectivity index (χ1) is 12.9. The van der Waals surface area contributed by atoms with Crippen LogP contribution in [0.2, 0.25) is 0 Å². The molecule has 1 aromatic rings. The predicted molar refractivity (Wildman–Crippen MR) is 100 cm³/mol. The Kier molecular flexibility index (Phi) is 4.94. The number of ether oxygens (including phenoxy) is 1. The summed E-state index contributed by atoms with van der Waals surface area (Å²) in [5.74, 6) is 0.216. The zero-order valence-corrected chi connectivity index (χ0v) is 16.1. The first-order valence-corrected chi connectivity index (χ1v) is 9.92. The molecule has 2 amide bonds. The van der Waals surface area contributed by atoms with Crippen molar-refractivity contribution in [2.24, 2.45) is 11.3 Å². The predicted octanol–water partition coefficient (Wildman–Crippen LogP) is 0.847. The monoisotopic (exact) mass is 375 g/mol. The highest BCUT2D eigenvalue weighted by molar-refractivity contribution is 5.95. The molecule has 3 aliphatic rings. The Bertz CT molecular complexity index is 702. The molecule has 27 heavy (non-hydrogen) atoms. The molecule has 3 atom stereocenters. The van der Waals surface area contributed by atoms with Crippen molar-refractivity contribution in [3.8, 4) is 0 Å². The maximum Gasteiger partial charge on any atom is 0.244 e. The van der Waals surface area contributed by atoms with Gasteiger partial charge in [-0.3, -0.25) is 14.3 Å². The molecular formula is C19H29N5O3. The number of hydrogen-bond donors (Lipinski definition) is 2. The Balaban J connectivity index is 1.30. The first kappa shape index (κ1) is 18.4. The summed E-state index contributed by atoms with van der Waals surface area (Å²) in [6.45, 7) is 7.34. The maximum atomic E-state index is 12.5. The molecule has 3 fully saturated rings. The van der Waals surface area contributed by atoms with Crippen LogP contribution in [-0.4, -0.2) is 64.9 Å². The van der Waals surface area contributed by atoms with E-state index in [9.17, 15) is 9.59 Å². The number of anilines is 1. The Morgan fingerprint density at radius 3 is 2.70 bits per heavy atom. The van der Waals surface area contributed by atoms with E-state index in [0.717, 1.165) is 32.4 Å². The Labute approximate surface area is 159 Å². The van der Waals surface area contributed by atoms with E-state index in [2.05, 4.69) is 15.7 Å². The van der Waals surface area contributed by atoms with Gasteiger partial charge in [0.2, 0.25) is 11.8 Å². The van der Waals surface area contributed by atoms with Gasteiger partial charge >= 0.3 is 0 Å². The van der Waals surface area contributed by atoms with E-state index < -0.39 is 0 Å². The van der Waals surface area contributed by atoms with Crippen LogP contribution in [0.1, 0.15) is 33.1 Å². The number of aromatic nitrogens is 2. The van der Waals surface area contributed by atoms with E-state index in [0.29, 0.717) is 18.8 Å². The molecule has 8 heteroatoms. The number of piperidine rings is 1. The Morgan fingerprint density at radius 1 is 1.30 bits per heavy atom. The van der Waals surface area contributed by atoms with Crippen LogP contribution >= 0.6 is 0 Å². The van der Waals surface area contributed by atoms with Crippen LogP contribution in [0.15, 0.2) is 12.4 Å². The van der Waals surface area contributed by atoms with Crippen LogP contribution in [0.3, 0.4) is 0 Å². The first-order valence-electron chi connectivity index (χ1n) is 9.92. The van der Waals surface area contributed by atoms with E-state index in [1.165, 1.54) is 0 Å². The summed E-state index contributed by atoms with van der Waals surface area (Å²) < 4.78 is 7.27. The molecule has 0 aromatic carbocycles. The molecular weight excluding hydrogens is 346 g/mol. The highest BCUT2D eigenvalue weighted by Gasteiger charge is 2.57. The van der Waals surface area contributed by atoms with Gasteiger partial charge in [0.15, 0.2) is 0 Å². The number of nitrogens with one attached hydrogen (secondary N) is 2. The lowest BCUT2D eigenvalue weighted by molar-refractivity contribution is -0.144. The molecule has 4 rings (SSSR count). The minimum absolute atomic E-state index is 0.0221. The SMILES string of the molecule is CC1CN(C(=O)Cn2cc(NC(=O)C3CC34CCNCC4)cn2)CC(C)O1. The van der Waals surface area contributed by atoms with Gasteiger partial charge in [-0.05, 0) is 51.6 Å². The average Bonchev–Trinajstić information content (AvgIpc) is 3.13. The summed E-state index contributed by atoms with van der Waals surface area (Å²) in [5.41, 5.74) is 0.873. The molecule has 1 saturated carbocycles. The largest absolute Gasteiger partial charge is 0.372 e. The van der Waals surface area contributed by atoms with Crippen molar-refractivity contribution >= 4 is 17.5 Å². The smallest absolute Gasteiger partial charge is 0.244 e. The third kappa shape index (κ3) is 4.01. The van der Waals surface area contributed by atoms with Crippen LogP contribution in [-0.2, 0) is 20.9 Å². The van der Waals surface area contributed by atoms with Crippen molar-refractivity contribution in [3.05, 3.63) is 12.4 Å². The molecule has 3 heterocycles. The van der Waals surface area contributed by atoms with Crippen molar-refractivity contribution in [1.82, 2.24) is 20.0 Å². The standard InChI is InChI=1S/C19H29N5O3/c1-13-9-23(10-14(2)27-13)17(25)12-24-11-15(8-21-24)22-18(26)16-7-19(16)3-5-20-6-4-19/h8,11,13-14,16,20H,3-7,9-10,12H2,1-2H3,(H,22,26). The maximum absolute atomic E-state index is 12.5. The second-order valence-electron chi connectivity index (χ2n) is 8.34. The van der Waals surface area contributed by atoms with E-state index in [1.807, 2.05) is 18.7 Å². The minimum Gasteiger partial charge on any atom is -0.372 e. The van der Waals surface area contributed by atoms with Crippen molar-refractivity contribution in [2.45, 2.75) is 51.9 Å². The second kappa shape index (κ2) is 7.24. The molecule has 1 aromatic heterocycles. The molecule has 0 bridgehead atoms. The molecule has 2 aliphatic heterocycles. The van der Waals surface area contributed by atoms with E-state index in [1.54, 1.807) is 17.1 Å². The zero-order chi connectivity index (χ0) is 19.0. The fourth-order valence-electron chi connectivity index (χ4n) is 4.56. The lowest BCUT2D eigenvalue weighted by Gasteiger charge is -2.35. The fourth-order valence-corrected chi connectivity index (χ4v) is 4.56. The van der Waals surface area contributed by atoms with Crippen molar-refractivity contribution in [2.75, 3.05) is 31.5 Å². The summed E-state index contributed by atoms with van der Waals surface area (Å²) in [6.07, 6.45) is 6.59. The third-order valence-corrected chi connectivity index (χ3v) is 6.08. The van der Waals surface area contributed by atoms with Gasteiger partial charge in [0.05, 0.1) is 24.1 Å². The number of amides is 2. The quantitative estimate of drug-likeness (QED) is 0.814. The van der Waals surface area contributed by atoms with Crippen molar-refractivity contribution < 1.29 is 14.3 Å². The number of nitrogens with zero attached hydrogens (tertiary/aromatic N) is 3. The van der Waals surface area contributed by atoms with Gasteiger partial charge in [-0.25, -0.2) is 0 Å². The minimum atomic E-state index is 0.0221. The number of hydrogen-bond acceptors (Lipinski definition) is 5. The molecule has 0 radical (unpaired) electrons. The molecule has 8 nitrogen and oxygen atoms in total. The molecule has 1 aliphatic carbocycles. The molecule has 2 N–H and O–H groups in total. The summed E-state index contributed by atoms with van der Waals surface area (Å²) >= 11 is 0. The summed E-state index contributed by atoms with van der Waals surface area (Å²) in [4.78, 5) is 26.9. The van der Waals surface area contributed by atoms with Crippen molar-refractivity contribution in [1.29, 1.82) is 0 Å². The van der Waals surface area contributed by atoms with Crippen LogP contribution in [0.5, 0.6) is 0 Å². The van der Waals surface area contributed by atoms with Gasteiger partial charge < -0.3 is 20.3 Å². The summed E-state index contributed by atoms with van der Waals surface area (Å²) in [7, 11) is 0. The third-order valence-electron chi connectivity index (χ3n) is 6.08. The Hall–Kier alpha value is -1.93. The van der Waals surface area contributed by atoms with Gasteiger partial charge in [0.1, 0.15) is 6.54 Å². The topological polar surface area (TPSA) is 88.5 Å². The van der Waals surface area contributed by atoms with Gasteiger partial charge in [-0.15, -0.1) is 0 Å². The zero-order valence-electron chi connectivity index (χ0n) is 16.1. The van der Waals surface area contributed by atoms with Crippen LogP contribution in [0.25, 0.3) is 0 Å². The van der Waals surface area contributed by atoms with E-state index >= 15 is 0 Å². The number of morpholine rings is 1. The molecule has 1 spiro atoms.